The molecule has 1 unspecified atom stereocenters. The Morgan fingerprint density at radius 1 is 0.545 bits per heavy atom. The van der Waals surface area contributed by atoms with Crippen LogP contribution in [0, 0.1) is 50.2 Å². The average molecular weight is 1230 g/mol. The van der Waals surface area contributed by atoms with E-state index in [1.807, 2.05) is 11.8 Å². The van der Waals surface area contributed by atoms with Crippen LogP contribution in [0.1, 0.15) is 285 Å². The van der Waals surface area contributed by atoms with Crippen LogP contribution in [-0.2, 0) is 19.1 Å². The zero-order valence-corrected chi connectivity index (χ0v) is 60.0. The number of carbonyl (C=O) groups is 3. The van der Waals surface area contributed by atoms with E-state index in [2.05, 4.69) is 184 Å². The van der Waals surface area contributed by atoms with Crippen LogP contribution in [0.3, 0.4) is 0 Å². The Balaban J connectivity index is 0.948. The van der Waals surface area contributed by atoms with Gasteiger partial charge in [0.1, 0.15) is 6.10 Å². The quantitative estimate of drug-likeness (QED) is 0.0294. The van der Waals surface area contributed by atoms with Gasteiger partial charge < -0.3 is 15.2 Å². The lowest BCUT2D eigenvalue weighted by atomic mass is 9.33. The van der Waals surface area contributed by atoms with Crippen molar-refractivity contribution in [2.45, 2.75) is 291 Å². The van der Waals surface area contributed by atoms with Crippen LogP contribution in [-0.4, -0.2) is 47.1 Å². The zero-order valence-electron chi connectivity index (χ0n) is 59.2. The second kappa shape index (κ2) is 34.5. The van der Waals surface area contributed by atoms with Crippen molar-refractivity contribution in [1.29, 1.82) is 0 Å². The summed E-state index contributed by atoms with van der Waals surface area (Å²) < 4.78 is 6.00. The van der Waals surface area contributed by atoms with Crippen molar-refractivity contribution < 1.29 is 24.2 Å². The summed E-state index contributed by atoms with van der Waals surface area (Å²) >= 11 is 1.92. The first-order valence-corrected chi connectivity index (χ1v) is 36.2. The summed E-state index contributed by atoms with van der Waals surface area (Å²) in [6, 6.07) is 0. The van der Waals surface area contributed by atoms with Crippen LogP contribution in [0.5, 0.6) is 0 Å². The first-order chi connectivity index (χ1) is 41.5. The summed E-state index contributed by atoms with van der Waals surface area (Å²) in [4.78, 5) is 38.1. The number of ether oxygens (including phenoxy) is 1. The van der Waals surface area contributed by atoms with Gasteiger partial charge in [0, 0.05) is 41.0 Å². The predicted molar refractivity (Wildman–Crippen MR) is 379 cm³/mol. The third-order valence-corrected chi connectivity index (χ3v) is 24.2. The Morgan fingerprint density at radius 3 is 1.44 bits per heavy atom. The average Bonchev–Trinajstić information content (AvgIpc) is 0.693. The molecule has 5 aliphatic carbocycles. The molecule has 88 heavy (non-hydrogen) atoms. The maximum Gasteiger partial charge on any atom is 0.331 e. The molecule has 1 amide bonds. The van der Waals surface area contributed by atoms with E-state index in [4.69, 9.17) is 9.84 Å². The number of aliphatic carboxylic acids is 1. The van der Waals surface area contributed by atoms with E-state index < -0.39 is 11.9 Å². The van der Waals surface area contributed by atoms with Crippen molar-refractivity contribution in [2.75, 3.05) is 18.1 Å². The third kappa shape index (κ3) is 21.2. The maximum atomic E-state index is 14.2. The Labute approximate surface area is 543 Å². The second-order valence-corrected chi connectivity index (χ2v) is 32.2. The van der Waals surface area contributed by atoms with Gasteiger partial charge in [-0.05, 0) is 276 Å². The third-order valence-electron chi connectivity index (χ3n) is 23.3. The number of thioether (sulfide) groups is 1. The minimum absolute atomic E-state index is 0.0713. The van der Waals surface area contributed by atoms with E-state index in [1.165, 1.54) is 82.3 Å². The highest BCUT2D eigenvalue weighted by molar-refractivity contribution is 7.99. The number of esters is 1. The molecule has 0 aliphatic heterocycles. The summed E-state index contributed by atoms with van der Waals surface area (Å²) in [6.45, 7) is 40.5. The van der Waals surface area contributed by atoms with E-state index in [-0.39, 0.29) is 44.5 Å². The predicted octanol–water partition coefficient (Wildman–Crippen LogP) is 23.0. The molecule has 2 N–H and O–H groups in total. The molecular weight excluding hydrogens is 1100 g/mol. The summed E-state index contributed by atoms with van der Waals surface area (Å²) in [7, 11) is 0. The van der Waals surface area contributed by atoms with Gasteiger partial charge in [0.2, 0.25) is 5.91 Å². The molecular formula is C81H127NO5S. The molecule has 492 valence electrons. The smallest absolute Gasteiger partial charge is 0.331 e. The van der Waals surface area contributed by atoms with Gasteiger partial charge in [-0.2, -0.15) is 11.8 Å². The van der Waals surface area contributed by atoms with E-state index in [0.29, 0.717) is 24.3 Å². The fourth-order valence-corrected chi connectivity index (χ4v) is 17.8. The van der Waals surface area contributed by atoms with Gasteiger partial charge in [0.25, 0.3) is 0 Å². The fourth-order valence-electron chi connectivity index (χ4n) is 17.0. The van der Waals surface area contributed by atoms with Gasteiger partial charge in [-0.1, -0.05) is 165 Å². The minimum atomic E-state index is -1.14. The van der Waals surface area contributed by atoms with Gasteiger partial charge in [0.05, 0.1) is 0 Å². The molecule has 0 aromatic heterocycles. The Bertz CT molecular complexity index is 2710. The van der Waals surface area contributed by atoms with E-state index >= 15 is 0 Å². The van der Waals surface area contributed by atoms with Gasteiger partial charge >= 0.3 is 11.9 Å². The zero-order chi connectivity index (χ0) is 64.9. The largest absolute Gasteiger partial charge is 0.478 e. The number of amides is 1. The van der Waals surface area contributed by atoms with Gasteiger partial charge in [0.15, 0.2) is 0 Å². The summed E-state index contributed by atoms with van der Waals surface area (Å²) in [5, 5.41) is 12.5. The highest BCUT2D eigenvalue weighted by Gasteiger charge is 2.68. The molecule has 9 atom stereocenters. The molecule has 0 spiro atoms. The van der Waals surface area contributed by atoms with Crippen LogP contribution in [0.15, 0.2) is 129 Å². The number of carboxylic acids is 1. The van der Waals surface area contributed by atoms with Gasteiger partial charge in [-0.25, -0.2) is 9.59 Å². The number of nitrogens with one attached hydrogen (secondary N) is 1. The summed E-state index contributed by atoms with van der Waals surface area (Å²) in [5.74, 6) is 1.76. The Morgan fingerprint density at radius 2 is 0.989 bits per heavy atom. The molecule has 0 radical (unpaired) electrons. The Hall–Kier alpha value is -4.10. The number of hydrogen-bond donors (Lipinski definition) is 2. The molecule has 6 nitrogen and oxygen atoms in total. The highest BCUT2D eigenvalue weighted by atomic mass is 32.2. The number of carboxylic acid groups (broad SMARTS) is 1. The Kier molecular flexibility index (Phi) is 29.3. The van der Waals surface area contributed by atoms with Crippen LogP contribution in [0.2, 0.25) is 0 Å². The van der Waals surface area contributed by atoms with Crippen molar-refractivity contribution in [3.8, 4) is 0 Å². The van der Waals surface area contributed by atoms with Crippen LogP contribution < -0.4 is 5.32 Å². The van der Waals surface area contributed by atoms with E-state index in [1.54, 1.807) is 5.57 Å². The normalized spacial score (nSPS) is 29.8. The molecule has 0 bridgehead atoms. The van der Waals surface area contributed by atoms with Gasteiger partial charge in [-0.3, -0.25) is 4.79 Å². The fraction of sp³-hybridized carbons (Fsp3) is 0.691. The maximum absolute atomic E-state index is 14.2. The van der Waals surface area contributed by atoms with Crippen molar-refractivity contribution in [3.63, 3.8) is 0 Å². The first kappa shape index (κ1) is 74.6. The molecule has 4 saturated carbocycles. The van der Waals surface area contributed by atoms with Crippen molar-refractivity contribution in [1.82, 2.24) is 5.32 Å². The molecule has 4 fully saturated rings. The highest BCUT2D eigenvalue weighted by Crippen LogP contribution is 2.76. The standard InChI is InChI=1S/C81H127NO5S/c1-59(2)26-18-27-60(3)28-19-29-61(4)30-20-31-62(5)32-21-33-63(6)34-22-35-64(7)36-23-37-65(8)38-24-39-66(9)40-25-41-67(10)48-56-88-57-55-82-75(86)78(14)52-51-77(13)53-54-80(16)68(69(77)58-78)42-43-71-79(15)49-47-72(87-74(85)45-44-73(83)84)76(11,12)70(79)46-50-81(71,80)17/h26,28,30,32,34,36,38,40,42,44-45,48,69-72H,18-25,27,29,31,33,35,37,39,41,43,46-47,49-58H2,1-17H3,(H,82,86)(H,83,84)/b45-44-,60-28?,61-30?,62-32?,63-34?,64-36?,65-38?,66-40?,67-48?/t69-,70+,71+,72-,77+,78?,79-,80+,81+/m0/s1. The molecule has 0 aromatic carbocycles. The molecule has 7 heteroatoms. The molecule has 0 saturated heterocycles. The number of hydrogen-bond acceptors (Lipinski definition) is 5. The summed E-state index contributed by atoms with van der Waals surface area (Å²) in [6.07, 6.45) is 55.0. The minimum Gasteiger partial charge on any atom is -0.478 e. The number of allylic oxidation sites excluding steroid dienone is 19. The lowest BCUT2D eigenvalue weighted by molar-refractivity contribution is -0.211. The van der Waals surface area contributed by atoms with E-state index in [9.17, 15) is 14.4 Å². The van der Waals surface area contributed by atoms with Crippen molar-refractivity contribution >= 4 is 29.6 Å². The van der Waals surface area contributed by atoms with Gasteiger partial charge in [-0.15, -0.1) is 0 Å². The van der Waals surface area contributed by atoms with E-state index in [0.717, 1.165) is 158 Å². The molecule has 0 heterocycles. The first-order valence-electron chi connectivity index (χ1n) is 35.0. The lowest BCUT2D eigenvalue weighted by Crippen LogP contribution is -2.64. The second-order valence-electron chi connectivity index (χ2n) is 31.0. The number of rotatable bonds is 33. The number of fused-ring (bicyclic) bond motifs is 7. The van der Waals surface area contributed by atoms with Crippen LogP contribution in [0.4, 0.5) is 0 Å². The monoisotopic (exact) mass is 1230 g/mol. The topological polar surface area (TPSA) is 92.7 Å². The van der Waals surface area contributed by atoms with Crippen LogP contribution >= 0.6 is 11.8 Å². The number of carbonyl (C=O) groups excluding carboxylic acids is 2. The SMILES string of the molecule is CC(C)=CCCC(C)=CCCC(C)=CCCC(C)=CCCC(C)=CCCC(C)=CCCC(C)=CCCC(C)=CCCC(C)=CCSCCNC(=O)C1(C)CC[C@]2(C)CC[C@]3(C)C(=CC[C@@H]4[C@@]5(C)CC[C@H](OC(=O)/C=C\C(=O)O)C(C)(C)[C@H]5CC[C@]43C)[C@@H]2C1. The summed E-state index contributed by atoms with van der Waals surface area (Å²) in [5.41, 5.74) is 15.0. The van der Waals surface area contributed by atoms with Crippen molar-refractivity contribution in [3.05, 3.63) is 129 Å². The molecule has 5 rings (SSSR count). The lowest BCUT2D eigenvalue weighted by Gasteiger charge is -2.71. The molecule has 5 aliphatic rings. The molecule has 0 aromatic rings. The van der Waals surface area contributed by atoms with Crippen LogP contribution in [0.25, 0.3) is 0 Å². The van der Waals surface area contributed by atoms with Crippen molar-refractivity contribution in [2.24, 2.45) is 50.2 Å².